The zero-order valence-electron chi connectivity index (χ0n) is 11.8. The maximum atomic E-state index is 4.52. The first kappa shape index (κ1) is 13.9. The zero-order valence-corrected chi connectivity index (χ0v) is 12.6. The molecule has 0 radical (unpaired) electrons. The summed E-state index contributed by atoms with van der Waals surface area (Å²) in [5, 5.41) is 14.9. The standard InChI is InChI=1S/C14H25N3S/c1-4-11(15-6-3)12-16-17-13(18-12)14(5-2)9-7-8-10-14/h11,15H,4-10H2,1-3H3. The summed E-state index contributed by atoms with van der Waals surface area (Å²) in [6, 6.07) is 0.386. The Morgan fingerprint density at radius 3 is 2.50 bits per heavy atom. The first-order chi connectivity index (χ1) is 8.75. The van der Waals surface area contributed by atoms with E-state index in [2.05, 4.69) is 36.3 Å². The number of rotatable bonds is 6. The summed E-state index contributed by atoms with van der Waals surface area (Å²) >= 11 is 1.84. The average molecular weight is 267 g/mol. The molecule has 1 aromatic rings. The topological polar surface area (TPSA) is 37.8 Å². The van der Waals surface area contributed by atoms with Gasteiger partial charge in [0, 0.05) is 5.41 Å². The molecule has 18 heavy (non-hydrogen) atoms. The van der Waals surface area contributed by atoms with Gasteiger partial charge < -0.3 is 5.32 Å². The van der Waals surface area contributed by atoms with Crippen LogP contribution in [0.5, 0.6) is 0 Å². The molecule has 1 aliphatic rings. The average Bonchev–Trinajstić information content (AvgIpc) is 3.04. The number of nitrogens with zero attached hydrogens (tertiary/aromatic N) is 2. The Labute approximate surface area is 114 Å². The minimum atomic E-state index is 0.348. The Hall–Kier alpha value is -0.480. The van der Waals surface area contributed by atoms with Crippen LogP contribution < -0.4 is 5.32 Å². The van der Waals surface area contributed by atoms with Crippen LogP contribution in [0.25, 0.3) is 0 Å². The van der Waals surface area contributed by atoms with Crippen molar-refractivity contribution in [1.29, 1.82) is 0 Å². The summed E-state index contributed by atoms with van der Waals surface area (Å²) in [5.74, 6) is 0. The second-order valence-electron chi connectivity index (χ2n) is 5.30. The normalized spacial score (nSPS) is 20.2. The fraction of sp³-hybridized carbons (Fsp3) is 0.857. The molecule has 0 amide bonds. The Bertz CT molecular complexity index is 369. The second kappa shape index (κ2) is 6.11. The van der Waals surface area contributed by atoms with Crippen molar-refractivity contribution in [3.8, 4) is 0 Å². The van der Waals surface area contributed by atoms with Gasteiger partial charge in [-0.3, -0.25) is 0 Å². The molecular weight excluding hydrogens is 242 g/mol. The highest BCUT2D eigenvalue weighted by molar-refractivity contribution is 7.11. The van der Waals surface area contributed by atoms with Gasteiger partial charge in [0.05, 0.1) is 6.04 Å². The van der Waals surface area contributed by atoms with E-state index in [9.17, 15) is 0 Å². The molecule has 1 fully saturated rings. The predicted octanol–water partition coefficient (Wildman–Crippen LogP) is 3.82. The molecule has 4 heteroatoms. The molecule has 0 aromatic carbocycles. The van der Waals surface area contributed by atoms with Crippen LogP contribution in [0.1, 0.15) is 75.4 Å². The molecular formula is C14H25N3S. The van der Waals surface area contributed by atoms with E-state index < -0.39 is 0 Å². The lowest BCUT2D eigenvalue weighted by molar-refractivity contribution is 0.419. The fourth-order valence-electron chi connectivity index (χ4n) is 3.01. The second-order valence-corrected chi connectivity index (χ2v) is 6.31. The maximum absolute atomic E-state index is 4.52. The summed E-state index contributed by atoms with van der Waals surface area (Å²) in [7, 11) is 0. The van der Waals surface area contributed by atoms with Gasteiger partial charge in [-0.15, -0.1) is 10.2 Å². The van der Waals surface area contributed by atoms with Gasteiger partial charge in [0.1, 0.15) is 10.0 Å². The Kier molecular flexibility index (Phi) is 4.73. The molecule has 1 heterocycles. The third-order valence-electron chi connectivity index (χ3n) is 4.29. The molecule has 1 aromatic heterocycles. The fourth-order valence-corrected chi connectivity index (χ4v) is 4.33. The van der Waals surface area contributed by atoms with E-state index in [1.165, 1.54) is 42.1 Å². The third kappa shape index (κ3) is 2.59. The van der Waals surface area contributed by atoms with Crippen molar-refractivity contribution in [2.45, 2.75) is 70.8 Å². The van der Waals surface area contributed by atoms with E-state index in [-0.39, 0.29) is 0 Å². The molecule has 102 valence electrons. The lowest BCUT2D eigenvalue weighted by Crippen LogP contribution is -2.20. The summed E-state index contributed by atoms with van der Waals surface area (Å²) in [6.45, 7) is 7.65. The van der Waals surface area contributed by atoms with Gasteiger partial charge in [-0.05, 0) is 32.2 Å². The van der Waals surface area contributed by atoms with Crippen LogP contribution in [-0.2, 0) is 5.41 Å². The molecule has 1 saturated carbocycles. The first-order valence-corrected chi connectivity index (χ1v) is 8.14. The van der Waals surface area contributed by atoms with Crippen molar-refractivity contribution in [1.82, 2.24) is 15.5 Å². The molecule has 3 nitrogen and oxygen atoms in total. The lowest BCUT2D eigenvalue weighted by Gasteiger charge is -2.23. The van der Waals surface area contributed by atoms with Crippen LogP contribution in [0.3, 0.4) is 0 Å². The van der Waals surface area contributed by atoms with Gasteiger partial charge in [-0.25, -0.2) is 0 Å². The van der Waals surface area contributed by atoms with Gasteiger partial charge in [0.15, 0.2) is 0 Å². The largest absolute Gasteiger partial charge is 0.308 e. The van der Waals surface area contributed by atoms with Gasteiger partial charge in [-0.1, -0.05) is 44.9 Å². The van der Waals surface area contributed by atoms with Crippen molar-refractivity contribution < 1.29 is 0 Å². The summed E-state index contributed by atoms with van der Waals surface area (Å²) in [6.07, 6.45) is 7.60. The highest BCUT2D eigenvalue weighted by Gasteiger charge is 2.37. The van der Waals surface area contributed by atoms with Crippen LogP contribution in [-0.4, -0.2) is 16.7 Å². The smallest absolute Gasteiger partial charge is 0.134 e. The predicted molar refractivity (Wildman–Crippen MR) is 77.1 cm³/mol. The van der Waals surface area contributed by atoms with E-state index in [0.29, 0.717) is 11.5 Å². The summed E-state index contributed by atoms with van der Waals surface area (Å²) < 4.78 is 0. The number of nitrogens with one attached hydrogen (secondary N) is 1. The van der Waals surface area contributed by atoms with Crippen LogP contribution >= 0.6 is 11.3 Å². The molecule has 0 saturated heterocycles. The SMILES string of the molecule is CCNC(CC)c1nnc(C2(CC)CCCC2)s1. The Balaban J connectivity index is 2.18. The lowest BCUT2D eigenvalue weighted by atomic mass is 9.84. The Morgan fingerprint density at radius 2 is 1.94 bits per heavy atom. The molecule has 1 atom stereocenters. The van der Waals surface area contributed by atoms with Gasteiger partial charge in [0.25, 0.3) is 0 Å². The van der Waals surface area contributed by atoms with Crippen molar-refractivity contribution >= 4 is 11.3 Å². The number of hydrogen-bond donors (Lipinski definition) is 1. The first-order valence-electron chi connectivity index (χ1n) is 7.33. The van der Waals surface area contributed by atoms with Crippen molar-refractivity contribution in [3.63, 3.8) is 0 Å². The van der Waals surface area contributed by atoms with Crippen LogP contribution in [0.15, 0.2) is 0 Å². The molecule has 2 rings (SSSR count). The van der Waals surface area contributed by atoms with Crippen molar-refractivity contribution in [3.05, 3.63) is 10.0 Å². The number of hydrogen-bond acceptors (Lipinski definition) is 4. The van der Waals surface area contributed by atoms with E-state index in [1.807, 2.05) is 11.3 Å². The van der Waals surface area contributed by atoms with Crippen LogP contribution in [0.2, 0.25) is 0 Å². The van der Waals surface area contributed by atoms with Crippen LogP contribution in [0, 0.1) is 0 Å². The molecule has 0 spiro atoms. The highest BCUT2D eigenvalue weighted by Crippen LogP contribution is 2.45. The van der Waals surface area contributed by atoms with Gasteiger partial charge in [0.2, 0.25) is 0 Å². The van der Waals surface area contributed by atoms with E-state index in [0.717, 1.165) is 13.0 Å². The quantitative estimate of drug-likeness (QED) is 0.851. The van der Waals surface area contributed by atoms with E-state index >= 15 is 0 Å². The van der Waals surface area contributed by atoms with Gasteiger partial charge in [-0.2, -0.15) is 0 Å². The molecule has 0 bridgehead atoms. The van der Waals surface area contributed by atoms with Crippen molar-refractivity contribution in [2.24, 2.45) is 0 Å². The summed E-state index contributed by atoms with van der Waals surface area (Å²) in [5.41, 5.74) is 0.348. The minimum Gasteiger partial charge on any atom is -0.308 e. The third-order valence-corrected chi connectivity index (χ3v) is 5.57. The van der Waals surface area contributed by atoms with Crippen molar-refractivity contribution in [2.75, 3.05) is 6.54 Å². The molecule has 1 aliphatic carbocycles. The zero-order chi connectivity index (χ0) is 13.0. The monoisotopic (exact) mass is 267 g/mol. The van der Waals surface area contributed by atoms with Gasteiger partial charge >= 0.3 is 0 Å². The van der Waals surface area contributed by atoms with E-state index in [4.69, 9.17) is 0 Å². The van der Waals surface area contributed by atoms with Crippen LogP contribution in [0.4, 0.5) is 0 Å². The Morgan fingerprint density at radius 1 is 1.22 bits per heavy atom. The molecule has 1 N–H and O–H groups in total. The maximum Gasteiger partial charge on any atom is 0.134 e. The van der Waals surface area contributed by atoms with E-state index in [1.54, 1.807) is 0 Å². The number of aromatic nitrogens is 2. The minimum absolute atomic E-state index is 0.348. The summed E-state index contributed by atoms with van der Waals surface area (Å²) in [4.78, 5) is 0. The molecule has 1 unspecified atom stereocenters. The highest BCUT2D eigenvalue weighted by atomic mass is 32.1. The molecule has 0 aliphatic heterocycles.